The van der Waals surface area contributed by atoms with E-state index in [1.807, 2.05) is 31.2 Å². The molecular weight excluding hydrogens is 583 g/mol. The van der Waals surface area contributed by atoms with Gasteiger partial charge in [0.05, 0.1) is 0 Å². The molecule has 4 aromatic carbocycles. The SMILES string of the molecule is C=C(/C=C\C=C/C)C1N=C(C2=CC=C(C(CC)(CC)c3ccc(-c4ccc5ccccc5c4)cc3)C[C@@H]2C)N=C(c2ccccc2)N1C. The molecule has 0 saturated carbocycles. The van der Waals surface area contributed by atoms with E-state index in [9.17, 15) is 0 Å². The summed E-state index contributed by atoms with van der Waals surface area (Å²) in [6.45, 7) is 13.4. The first-order valence-corrected chi connectivity index (χ1v) is 17.3. The van der Waals surface area contributed by atoms with Gasteiger partial charge in [-0.3, -0.25) is 0 Å². The minimum absolute atomic E-state index is 0.0281. The van der Waals surface area contributed by atoms with Gasteiger partial charge in [-0.05, 0) is 76.8 Å². The average molecular weight is 630 g/mol. The van der Waals surface area contributed by atoms with Crippen LogP contribution in [0.25, 0.3) is 21.9 Å². The predicted molar refractivity (Wildman–Crippen MR) is 207 cm³/mol. The van der Waals surface area contributed by atoms with Crippen molar-refractivity contribution in [1.29, 1.82) is 0 Å². The van der Waals surface area contributed by atoms with Crippen LogP contribution in [0.5, 0.6) is 0 Å². The van der Waals surface area contributed by atoms with Crippen molar-refractivity contribution in [3.8, 4) is 11.1 Å². The summed E-state index contributed by atoms with van der Waals surface area (Å²) in [6.07, 6.45) is 15.6. The normalized spacial score (nSPS) is 18.6. The van der Waals surface area contributed by atoms with Crippen LogP contribution in [0.4, 0.5) is 0 Å². The van der Waals surface area contributed by atoms with Gasteiger partial charge in [-0.2, -0.15) is 0 Å². The topological polar surface area (TPSA) is 28.0 Å². The number of fused-ring (bicyclic) bond motifs is 1. The molecule has 0 saturated heterocycles. The van der Waals surface area contributed by atoms with E-state index < -0.39 is 0 Å². The molecule has 1 unspecified atom stereocenters. The summed E-state index contributed by atoms with van der Waals surface area (Å²) >= 11 is 0. The lowest BCUT2D eigenvalue weighted by atomic mass is 9.66. The van der Waals surface area contributed by atoms with E-state index in [1.54, 1.807) is 0 Å². The van der Waals surface area contributed by atoms with Gasteiger partial charge in [0.2, 0.25) is 0 Å². The summed E-state index contributed by atoms with van der Waals surface area (Å²) in [5, 5.41) is 2.55. The number of hydrogen-bond donors (Lipinski definition) is 0. The van der Waals surface area contributed by atoms with Gasteiger partial charge >= 0.3 is 0 Å². The maximum absolute atomic E-state index is 5.22. The number of nitrogens with zero attached hydrogens (tertiary/aromatic N) is 3. The summed E-state index contributed by atoms with van der Waals surface area (Å²) in [4.78, 5) is 12.5. The molecule has 48 heavy (non-hydrogen) atoms. The summed E-state index contributed by atoms with van der Waals surface area (Å²) < 4.78 is 0. The van der Waals surface area contributed by atoms with Crippen molar-refractivity contribution < 1.29 is 0 Å². The first-order valence-electron chi connectivity index (χ1n) is 17.3. The van der Waals surface area contributed by atoms with E-state index in [1.165, 1.54) is 38.6 Å². The third-order valence-electron chi connectivity index (χ3n) is 10.3. The fraction of sp³-hybridized carbons (Fsp3) is 0.244. The summed E-state index contributed by atoms with van der Waals surface area (Å²) in [6, 6.07) is 35.0. The van der Waals surface area contributed by atoms with Gasteiger partial charge in [0.1, 0.15) is 12.0 Å². The molecule has 4 aromatic rings. The van der Waals surface area contributed by atoms with Crippen molar-refractivity contribution >= 4 is 22.4 Å². The van der Waals surface area contributed by atoms with Gasteiger partial charge in [0.25, 0.3) is 0 Å². The third kappa shape index (κ3) is 6.42. The van der Waals surface area contributed by atoms with Gasteiger partial charge in [-0.15, -0.1) is 0 Å². The lowest BCUT2D eigenvalue weighted by Gasteiger charge is -2.39. The summed E-state index contributed by atoms with van der Waals surface area (Å²) in [5.74, 6) is 1.99. The lowest BCUT2D eigenvalue weighted by molar-refractivity contribution is 0.419. The highest BCUT2D eigenvalue weighted by Gasteiger charge is 2.36. The number of aliphatic imine (C=N–C) groups is 2. The number of allylic oxidation sites excluding steroid dienone is 6. The predicted octanol–water partition coefficient (Wildman–Crippen LogP) is 11.3. The Kier molecular flexibility index (Phi) is 9.87. The Hall–Kier alpha value is -5.02. The number of rotatable bonds is 10. The second-order valence-electron chi connectivity index (χ2n) is 13.0. The fourth-order valence-corrected chi connectivity index (χ4v) is 7.39. The highest BCUT2D eigenvalue weighted by atomic mass is 15.3. The summed E-state index contributed by atoms with van der Waals surface area (Å²) in [5.41, 5.74) is 8.54. The molecule has 1 heterocycles. The number of hydrogen-bond acceptors (Lipinski definition) is 3. The Morgan fingerprint density at radius 1 is 0.833 bits per heavy atom. The molecule has 242 valence electrons. The molecule has 2 atom stereocenters. The van der Waals surface area contributed by atoms with E-state index in [2.05, 4.69) is 149 Å². The van der Waals surface area contributed by atoms with Crippen LogP contribution in [0.3, 0.4) is 0 Å². The molecular formula is C45H47N3. The van der Waals surface area contributed by atoms with Crippen LogP contribution in [0.2, 0.25) is 0 Å². The van der Waals surface area contributed by atoms with E-state index >= 15 is 0 Å². The van der Waals surface area contributed by atoms with Crippen molar-refractivity contribution in [2.75, 3.05) is 7.05 Å². The summed E-state index contributed by atoms with van der Waals surface area (Å²) in [7, 11) is 2.06. The second-order valence-corrected chi connectivity index (χ2v) is 13.0. The van der Waals surface area contributed by atoms with Crippen molar-refractivity contribution in [2.24, 2.45) is 15.9 Å². The molecule has 0 aromatic heterocycles. The van der Waals surface area contributed by atoms with Crippen molar-refractivity contribution in [1.82, 2.24) is 4.90 Å². The molecule has 2 aliphatic rings. The average Bonchev–Trinajstić information content (AvgIpc) is 3.13. The monoisotopic (exact) mass is 629 g/mol. The zero-order valence-corrected chi connectivity index (χ0v) is 29.0. The molecule has 3 heteroatoms. The van der Waals surface area contributed by atoms with E-state index in [0.717, 1.165) is 42.1 Å². The Balaban J connectivity index is 1.34. The van der Waals surface area contributed by atoms with Crippen LogP contribution in [-0.4, -0.2) is 29.8 Å². The van der Waals surface area contributed by atoms with Crippen LogP contribution in [0, 0.1) is 5.92 Å². The van der Waals surface area contributed by atoms with E-state index in [-0.39, 0.29) is 17.5 Å². The van der Waals surface area contributed by atoms with Crippen LogP contribution < -0.4 is 0 Å². The Morgan fingerprint density at radius 2 is 1.52 bits per heavy atom. The van der Waals surface area contributed by atoms with Crippen molar-refractivity contribution in [3.63, 3.8) is 0 Å². The molecule has 6 rings (SSSR count). The smallest absolute Gasteiger partial charge is 0.155 e. The Morgan fingerprint density at radius 3 is 2.21 bits per heavy atom. The Labute approximate surface area is 287 Å². The quantitative estimate of drug-likeness (QED) is 0.160. The minimum atomic E-state index is -0.237. The van der Waals surface area contributed by atoms with Gasteiger partial charge in [-0.25, -0.2) is 9.98 Å². The first-order chi connectivity index (χ1) is 23.4. The van der Waals surface area contributed by atoms with Gasteiger partial charge in [0, 0.05) is 18.0 Å². The maximum Gasteiger partial charge on any atom is 0.155 e. The van der Waals surface area contributed by atoms with E-state index in [0.29, 0.717) is 0 Å². The van der Waals surface area contributed by atoms with Crippen LogP contribution in [-0.2, 0) is 5.41 Å². The number of benzene rings is 4. The second kappa shape index (κ2) is 14.4. The molecule has 0 radical (unpaired) electrons. The highest BCUT2D eigenvalue weighted by Crippen LogP contribution is 2.45. The van der Waals surface area contributed by atoms with Gasteiger partial charge in [0.15, 0.2) is 5.84 Å². The van der Waals surface area contributed by atoms with Crippen molar-refractivity contribution in [2.45, 2.75) is 58.5 Å². The highest BCUT2D eigenvalue weighted by molar-refractivity contribution is 6.13. The van der Waals surface area contributed by atoms with Crippen LogP contribution >= 0.6 is 0 Å². The lowest BCUT2D eigenvalue weighted by Crippen LogP contribution is -2.42. The van der Waals surface area contributed by atoms with Gasteiger partial charge < -0.3 is 4.90 Å². The zero-order valence-electron chi connectivity index (χ0n) is 29.0. The molecule has 1 aliphatic carbocycles. The fourth-order valence-electron chi connectivity index (χ4n) is 7.39. The third-order valence-corrected chi connectivity index (χ3v) is 10.3. The number of likely N-dealkylation sites (N-methyl/N-ethyl adjacent to an activating group) is 1. The van der Waals surface area contributed by atoms with Crippen molar-refractivity contribution in [3.05, 3.63) is 168 Å². The standard InChI is InChI=1S/C45H47N3/c1-7-10-12-17-32(4)43-46-42(47-44(48(43)6)36-19-13-11-14-20-36)41-29-28-40(30-33(41)5)45(8-2,9-3)39-26-24-35(25-27-39)38-23-22-34-18-15-16-21-37(34)31-38/h7,10-29,31,33,43H,4,8-9,30H2,1-3,5-6H3/b10-7-,17-12-/t33-,43?/m0/s1. The van der Waals surface area contributed by atoms with Crippen LogP contribution in [0.15, 0.2) is 167 Å². The van der Waals surface area contributed by atoms with Crippen LogP contribution in [0.1, 0.15) is 58.1 Å². The Bertz CT molecular complexity index is 1960. The minimum Gasteiger partial charge on any atom is -0.333 e. The molecule has 3 nitrogen and oxygen atoms in total. The number of amidine groups is 2. The molecule has 1 aliphatic heterocycles. The largest absolute Gasteiger partial charge is 0.333 e. The maximum atomic E-state index is 5.22. The van der Waals surface area contributed by atoms with Gasteiger partial charge in [-0.1, -0.05) is 160 Å². The molecule has 0 spiro atoms. The molecule has 0 fully saturated rings. The molecule has 0 N–H and O–H groups in total. The molecule has 0 bridgehead atoms. The zero-order chi connectivity index (χ0) is 33.7. The molecule has 0 amide bonds. The van der Waals surface area contributed by atoms with E-state index in [4.69, 9.17) is 9.98 Å². The first kappa shape index (κ1) is 32.9.